The molecule has 0 unspecified atom stereocenters. The Morgan fingerprint density at radius 1 is 1.29 bits per heavy atom. The molecule has 0 aliphatic rings. The molecule has 1 rings (SSSR count). The highest BCUT2D eigenvalue weighted by atomic mass is 16.5. The van der Waals surface area contributed by atoms with Crippen LogP contribution in [0.5, 0.6) is 11.5 Å². The van der Waals surface area contributed by atoms with Gasteiger partial charge in [-0.2, -0.15) is 0 Å². The van der Waals surface area contributed by atoms with Gasteiger partial charge < -0.3 is 14.7 Å². The SMILES string of the molecule is COc1cccc(/C=[N+](/C)[O-])c1OC. The molecule has 0 fully saturated rings. The van der Waals surface area contributed by atoms with Crippen molar-refractivity contribution in [2.45, 2.75) is 0 Å². The van der Waals surface area contributed by atoms with Crippen molar-refractivity contribution in [3.05, 3.63) is 29.0 Å². The zero-order chi connectivity index (χ0) is 10.6. The number of ether oxygens (including phenoxy) is 2. The molecule has 0 radical (unpaired) electrons. The standard InChI is InChI=1S/C10H13NO3/c1-11(12)7-8-5-4-6-9(13-2)10(8)14-3/h4-7H,1-3H3/b11-7-. The van der Waals surface area contributed by atoms with Gasteiger partial charge in [0.25, 0.3) is 0 Å². The smallest absolute Gasteiger partial charge is 0.185 e. The number of hydroxylamine groups is 1. The lowest BCUT2D eigenvalue weighted by Crippen LogP contribution is -2.01. The van der Waals surface area contributed by atoms with E-state index in [4.69, 9.17) is 9.47 Å². The van der Waals surface area contributed by atoms with Crippen molar-refractivity contribution in [2.24, 2.45) is 0 Å². The van der Waals surface area contributed by atoms with E-state index in [0.717, 1.165) is 4.74 Å². The molecular formula is C10H13NO3. The van der Waals surface area contributed by atoms with Crippen LogP contribution >= 0.6 is 0 Å². The molecule has 0 saturated carbocycles. The van der Waals surface area contributed by atoms with E-state index in [1.807, 2.05) is 0 Å². The van der Waals surface area contributed by atoms with Gasteiger partial charge in [0.1, 0.15) is 7.05 Å². The highest BCUT2D eigenvalue weighted by Crippen LogP contribution is 2.29. The first-order valence-corrected chi connectivity index (χ1v) is 4.15. The van der Waals surface area contributed by atoms with Gasteiger partial charge in [0, 0.05) is 0 Å². The largest absolute Gasteiger partial charge is 0.624 e. The second-order valence-electron chi connectivity index (χ2n) is 2.76. The predicted molar refractivity (Wildman–Crippen MR) is 54.3 cm³/mol. The Hall–Kier alpha value is -1.71. The summed E-state index contributed by atoms with van der Waals surface area (Å²) in [4.78, 5) is 0. The minimum absolute atomic E-state index is 0.567. The van der Waals surface area contributed by atoms with Gasteiger partial charge in [-0.25, -0.2) is 4.74 Å². The number of benzene rings is 1. The highest BCUT2D eigenvalue weighted by Gasteiger charge is 2.09. The maximum atomic E-state index is 10.8. The highest BCUT2D eigenvalue weighted by molar-refractivity contribution is 5.81. The molecule has 0 saturated heterocycles. The normalized spacial score (nSPS) is 11.2. The van der Waals surface area contributed by atoms with Crippen molar-refractivity contribution < 1.29 is 14.2 Å². The van der Waals surface area contributed by atoms with Gasteiger partial charge in [-0.1, -0.05) is 6.07 Å². The Kier molecular flexibility index (Phi) is 3.34. The molecule has 0 aliphatic carbocycles. The van der Waals surface area contributed by atoms with Crippen molar-refractivity contribution in [2.75, 3.05) is 21.3 Å². The molecule has 0 aliphatic heterocycles. The van der Waals surface area contributed by atoms with Crippen LogP contribution in [0.2, 0.25) is 0 Å². The summed E-state index contributed by atoms with van der Waals surface area (Å²) in [6.07, 6.45) is 1.43. The van der Waals surface area contributed by atoms with Crippen molar-refractivity contribution in [3.8, 4) is 11.5 Å². The fourth-order valence-corrected chi connectivity index (χ4v) is 1.21. The van der Waals surface area contributed by atoms with Gasteiger partial charge in [0.15, 0.2) is 17.7 Å². The molecule has 4 heteroatoms. The molecule has 76 valence electrons. The number of hydrogen-bond donors (Lipinski definition) is 0. The fourth-order valence-electron chi connectivity index (χ4n) is 1.21. The fraction of sp³-hybridized carbons (Fsp3) is 0.300. The second kappa shape index (κ2) is 4.50. The third-order valence-corrected chi connectivity index (χ3v) is 1.75. The van der Waals surface area contributed by atoms with Crippen LogP contribution < -0.4 is 9.47 Å². The van der Waals surface area contributed by atoms with Crippen LogP contribution in [-0.4, -0.2) is 32.2 Å². The third-order valence-electron chi connectivity index (χ3n) is 1.75. The molecule has 0 atom stereocenters. The maximum Gasteiger partial charge on any atom is 0.185 e. The van der Waals surface area contributed by atoms with Crippen LogP contribution in [0.4, 0.5) is 0 Å². The average molecular weight is 195 g/mol. The molecule has 14 heavy (non-hydrogen) atoms. The topological polar surface area (TPSA) is 44.5 Å². The molecule has 1 aromatic rings. The first-order valence-electron chi connectivity index (χ1n) is 4.15. The number of rotatable bonds is 3. The van der Waals surface area contributed by atoms with Crippen molar-refractivity contribution >= 4 is 6.21 Å². The van der Waals surface area contributed by atoms with Crippen molar-refractivity contribution in [1.82, 2.24) is 0 Å². The van der Waals surface area contributed by atoms with Gasteiger partial charge in [-0.05, 0) is 12.1 Å². The summed E-state index contributed by atoms with van der Waals surface area (Å²) in [5.41, 5.74) is 0.698. The number of nitrogens with zero attached hydrogens (tertiary/aromatic N) is 1. The second-order valence-corrected chi connectivity index (χ2v) is 2.76. The van der Waals surface area contributed by atoms with Gasteiger partial charge in [0.2, 0.25) is 0 Å². The molecule has 1 aromatic carbocycles. The van der Waals surface area contributed by atoms with Crippen LogP contribution in [0.25, 0.3) is 0 Å². The van der Waals surface area contributed by atoms with Crippen LogP contribution in [-0.2, 0) is 0 Å². The van der Waals surface area contributed by atoms with E-state index in [9.17, 15) is 5.21 Å². The van der Waals surface area contributed by atoms with E-state index in [2.05, 4.69) is 0 Å². The maximum absolute atomic E-state index is 10.8. The summed E-state index contributed by atoms with van der Waals surface area (Å²) >= 11 is 0. The summed E-state index contributed by atoms with van der Waals surface area (Å²) < 4.78 is 11.0. The number of para-hydroxylation sites is 1. The summed E-state index contributed by atoms with van der Waals surface area (Å²) in [5, 5.41) is 10.8. The average Bonchev–Trinajstić information content (AvgIpc) is 2.16. The molecule has 0 amide bonds. The monoisotopic (exact) mass is 195 g/mol. The first-order chi connectivity index (χ1) is 6.69. The molecule has 0 aromatic heterocycles. The van der Waals surface area contributed by atoms with E-state index < -0.39 is 0 Å². The van der Waals surface area contributed by atoms with Gasteiger partial charge >= 0.3 is 0 Å². The zero-order valence-electron chi connectivity index (χ0n) is 8.48. The lowest BCUT2D eigenvalue weighted by atomic mass is 10.2. The molecule has 0 N–H and O–H groups in total. The lowest BCUT2D eigenvalue weighted by Gasteiger charge is -2.08. The van der Waals surface area contributed by atoms with E-state index in [1.165, 1.54) is 13.3 Å². The molecule has 0 spiro atoms. The van der Waals surface area contributed by atoms with Crippen molar-refractivity contribution in [1.29, 1.82) is 0 Å². The molecule has 0 heterocycles. The van der Waals surface area contributed by atoms with Gasteiger partial charge in [-0.15, -0.1) is 0 Å². The number of hydrogen-bond acceptors (Lipinski definition) is 3. The van der Waals surface area contributed by atoms with E-state index in [0.29, 0.717) is 17.1 Å². The first kappa shape index (κ1) is 10.4. The van der Waals surface area contributed by atoms with Crippen LogP contribution in [0.3, 0.4) is 0 Å². The summed E-state index contributed by atoms with van der Waals surface area (Å²) in [6.45, 7) is 0. The molecule has 0 bridgehead atoms. The number of methoxy groups -OCH3 is 2. The van der Waals surface area contributed by atoms with Crippen LogP contribution in [0.15, 0.2) is 18.2 Å². The van der Waals surface area contributed by atoms with Crippen LogP contribution in [0.1, 0.15) is 5.56 Å². The Balaban J connectivity index is 3.22. The predicted octanol–water partition coefficient (Wildman–Crippen LogP) is 1.26. The summed E-state index contributed by atoms with van der Waals surface area (Å²) in [7, 11) is 4.52. The van der Waals surface area contributed by atoms with Crippen LogP contribution in [0, 0.1) is 5.21 Å². The quantitative estimate of drug-likeness (QED) is 0.315. The van der Waals surface area contributed by atoms with E-state index in [-0.39, 0.29) is 0 Å². The van der Waals surface area contributed by atoms with Crippen molar-refractivity contribution in [3.63, 3.8) is 0 Å². The zero-order valence-corrected chi connectivity index (χ0v) is 8.48. The third kappa shape index (κ3) is 2.16. The van der Waals surface area contributed by atoms with Gasteiger partial charge in [0.05, 0.1) is 19.8 Å². The summed E-state index contributed by atoms with van der Waals surface area (Å²) in [6, 6.07) is 5.37. The Morgan fingerprint density at radius 3 is 2.50 bits per heavy atom. The van der Waals surface area contributed by atoms with E-state index >= 15 is 0 Å². The minimum Gasteiger partial charge on any atom is -0.624 e. The molecular weight excluding hydrogens is 182 g/mol. The Morgan fingerprint density at radius 2 is 2.00 bits per heavy atom. The van der Waals surface area contributed by atoms with Gasteiger partial charge in [-0.3, -0.25) is 0 Å². The lowest BCUT2D eigenvalue weighted by molar-refractivity contribution is -0.416. The summed E-state index contributed by atoms with van der Waals surface area (Å²) in [5.74, 6) is 1.18. The molecule has 4 nitrogen and oxygen atoms in total. The Labute approximate surface area is 83.0 Å². The minimum atomic E-state index is 0.567. The Bertz CT molecular complexity index is 343. The van der Waals surface area contributed by atoms with E-state index in [1.54, 1.807) is 32.4 Å².